The molecule has 0 aromatic heterocycles. The van der Waals surface area contributed by atoms with E-state index in [-0.39, 0.29) is 5.82 Å². The number of aliphatic hydroxyl groups is 1. The minimum Gasteiger partial charge on any atom is -0.496 e. The zero-order valence-corrected chi connectivity index (χ0v) is 8.20. The summed E-state index contributed by atoms with van der Waals surface area (Å²) in [5.41, 5.74) is 6.31. The van der Waals surface area contributed by atoms with Crippen LogP contribution >= 0.6 is 0 Å². The first-order valence-electron chi connectivity index (χ1n) is 4.33. The fraction of sp³-hybridized carbons (Fsp3) is 0.400. The minimum atomic E-state index is -0.700. The highest BCUT2D eigenvalue weighted by molar-refractivity contribution is 5.36. The lowest BCUT2D eigenvalue weighted by molar-refractivity contribution is 0.162. The normalized spacial score (nSPS) is 14.9. The van der Waals surface area contributed by atoms with Crippen LogP contribution in [0.3, 0.4) is 0 Å². The number of hydrogen-bond acceptors (Lipinski definition) is 3. The van der Waals surface area contributed by atoms with Crippen molar-refractivity contribution in [2.45, 2.75) is 19.1 Å². The highest BCUT2D eigenvalue weighted by atomic mass is 19.1. The number of benzene rings is 1. The summed E-state index contributed by atoms with van der Waals surface area (Å²) in [6.45, 7) is 1.58. The van der Waals surface area contributed by atoms with Crippen molar-refractivity contribution in [3.05, 3.63) is 29.6 Å². The molecule has 0 saturated carbocycles. The molecule has 0 radical (unpaired) electrons. The molecule has 0 spiro atoms. The van der Waals surface area contributed by atoms with Crippen molar-refractivity contribution in [1.82, 2.24) is 0 Å². The van der Waals surface area contributed by atoms with Gasteiger partial charge in [0, 0.05) is 11.6 Å². The van der Waals surface area contributed by atoms with Gasteiger partial charge in [0.15, 0.2) is 0 Å². The molecule has 0 aliphatic rings. The molecule has 0 heterocycles. The maximum atomic E-state index is 12.8. The van der Waals surface area contributed by atoms with E-state index in [1.54, 1.807) is 6.92 Å². The molecule has 3 N–H and O–H groups in total. The Labute approximate surface area is 82.3 Å². The van der Waals surface area contributed by atoms with Crippen molar-refractivity contribution in [3.8, 4) is 5.75 Å². The number of hydrogen-bond donors (Lipinski definition) is 2. The van der Waals surface area contributed by atoms with Crippen LogP contribution < -0.4 is 10.5 Å². The summed E-state index contributed by atoms with van der Waals surface area (Å²) in [6.07, 6.45) is -0.700. The Hall–Kier alpha value is -1.13. The quantitative estimate of drug-likeness (QED) is 0.769. The Morgan fingerprint density at radius 1 is 1.50 bits per heavy atom. The fourth-order valence-electron chi connectivity index (χ4n) is 1.22. The molecule has 14 heavy (non-hydrogen) atoms. The van der Waals surface area contributed by atoms with Crippen LogP contribution in [0.15, 0.2) is 18.2 Å². The monoisotopic (exact) mass is 199 g/mol. The molecule has 0 bridgehead atoms. The molecule has 0 fully saturated rings. The van der Waals surface area contributed by atoms with Crippen molar-refractivity contribution in [1.29, 1.82) is 0 Å². The van der Waals surface area contributed by atoms with Gasteiger partial charge in [0.25, 0.3) is 0 Å². The van der Waals surface area contributed by atoms with Gasteiger partial charge in [-0.25, -0.2) is 4.39 Å². The van der Waals surface area contributed by atoms with Crippen LogP contribution in [0.5, 0.6) is 5.75 Å². The van der Waals surface area contributed by atoms with E-state index in [2.05, 4.69) is 0 Å². The molecule has 3 nitrogen and oxygen atoms in total. The Balaban J connectivity index is 3.07. The maximum Gasteiger partial charge on any atom is 0.126 e. The molecular formula is C10H14FNO2. The molecule has 0 unspecified atom stereocenters. The molecule has 1 rings (SSSR count). The molecule has 0 aliphatic heterocycles. The van der Waals surface area contributed by atoms with Gasteiger partial charge in [-0.3, -0.25) is 0 Å². The standard InChI is InChI=1S/C10H14FNO2/c1-6(13)10(12)8-4-3-7(11)5-9(8)14-2/h3-6,10,13H,12H2,1-2H3/t6-,10+/m1/s1. The van der Waals surface area contributed by atoms with Gasteiger partial charge in [-0.1, -0.05) is 6.07 Å². The molecule has 1 aromatic carbocycles. The SMILES string of the molecule is COc1cc(F)ccc1[C@@H](N)[C@@H](C)O. The van der Waals surface area contributed by atoms with Gasteiger partial charge in [0.2, 0.25) is 0 Å². The highest BCUT2D eigenvalue weighted by Crippen LogP contribution is 2.26. The van der Waals surface area contributed by atoms with Crippen molar-refractivity contribution in [2.75, 3.05) is 7.11 Å². The summed E-state index contributed by atoms with van der Waals surface area (Å²) in [6, 6.07) is 3.49. The third-order valence-corrected chi connectivity index (χ3v) is 2.07. The van der Waals surface area contributed by atoms with Crippen LogP contribution in [-0.4, -0.2) is 18.3 Å². The molecule has 2 atom stereocenters. The maximum absolute atomic E-state index is 12.8. The Kier molecular flexibility index (Phi) is 3.43. The number of aliphatic hydroxyl groups excluding tert-OH is 1. The van der Waals surface area contributed by atoms with Gasteiger partial charge >= 0.3 is 0 Å². The molecule has 0 saturated heterocycles. The lowest BCUT2D eigenvalue weighted by Crippen LogP contribution is -2.23. The van der Waals surface area contributed by atoms with Gasteiger partial charge in [0.05, 0.1) is 19.3 Å². The van der Waals surface area contributed by atoms with E-state index < -0.39 is 12.1 Å². The first-order chi connectivity index (χ1) is 6.56. The van der Waals surface area contributed by atoms with E-state index in [1.807, 2.05) is 0 Å². The van der Waals surface area contributed by atoms with Crippen LogP contribution in [0.25, 0.3) is 0 Å². The highest BCUT2D eigenvalue weighted by Gasteiger charge is 2.16. The van der Waals surface area contributed by atoms with Crippen LogP contribution in [0, 0.1) is 5.82 Å². The number of nitrogens with two attached hydrogens (primary N) is 1. The number of halogens is 1. The zero-order chi connectivity index (χ0) is 10.7. The van der Waals surface area contributed by atoms with Gasteiger partial charge in [0.1, 0.15) is 11.6 Å². The van der Waals surface area contributed by atoms with Crippen LogP contribution in [-0.2, 0) is 0 Å². The van der Waals surface area contributed by atoms with E-state index in [1.165, 1.54) is 25.3 Å². The average Bonchev–Trinajstić information content (AvgIpc) is 2.16. The topological polar surface area (TPSA) is 55.5 Å². The van der Waals surface area contributed by atoms with Crippen molar-refractivity contribution in [2.24, 2.45) is 5.73 Å². The molecule has 0 aliphatic carbocycles. The third kappa shape index (κ3) is 2.21. The Bertz CT molecular complexity index is 315. The van der Waals surface area contributed by atoms with Gasteiger partial charge in [-0.2, -0.15) is 0 Å². The molecule has 4 heteroatoms. The third-order valence-electron chi connectivity index (χ3n) is 2.07. The molecule has 0 amide bonds. The van der Waals surface area contributed by atoms with E-state index in [0.29, 0.717) is 11.3 Å². The number of methoxy groups -OCH3 is 1. The summed E-state index contributed by atoms with van der Waals surface area (Å²) in [5.74, 6) is -0.0261. The van der Waals surface area contributed by atoms with Gasteiger partial charge in [-0.05, 0) is 13.0 Å². The molecule has 1 aromatic rings. The van der Waals surface area contributed by atoms with E-state index in [0.717, 1.165) is 0 Å². The number of ether oxygens (including phenoxy) is 1. The first kappa shape index (κ1) is 10.9. The van der Waals surface area contributed by atoms with Crippen molar-refractivity contribution < 1.29 is 14.2 Å². The summed E-state index contributed by atoms with van der Waals surface area (Å²) < 4.78 is 17.8. The van der Waals surface area contributed by atoms with Crippen molar-refractivity contribution in [3.63, 3.8) is 0 Å². The molecule has 78 valence electrons. The van der Waals surface area contributed by atoms with E-state index >= 15 is 0 Å². The summed E-state index contributed by atoms with van der Waals surface area (Å²) in [7, 11) is 1.44. The zero-order valence-electron chi connectivity index (χ0n) is 8.20. The van der Waals surface area contributed by atoms with E-state index in [9.17, 15) is 9.50 Å². The lowest BCUT2D eigenvalue weighted by atomic mass is 10.0. The fourth-order valence-corrected chi connectivity index (χ4v) is 1.22. The van der Waals surface area contributed by atoms with E-state index in [4.69, 9.17) is 10.5 Å². The summed E-state index contributed by atoms with van der Waals surface area (Å²) >= 11 is 0. The first-order valence-corrected chi connectivity index (χ1v) is 4.33. The summed E-state index contributed by atoms with van der Waals surface area (Å²) in [4.78, 5) is 0. The summed E-state index contributed by atoms with van der Waals surface area (Å²) in [5, 5.41) is 9.29. The second-order valence-electron chi connectivity index (χ2n) is 3.15. The Morgan fingerprint density at radius 2 is 2.14 bits per heavy atom. The van der Waals surface area contributed by atoms with Gasteiger partial charge in [-0.15, -0.1) is 0 Å². The second-order valence-corrected chi connectivity index (χ2v) is 3.15. The minimum absolute atomic E-state index is 0.360. The van der Waals surface area contributed by atoms with Gasteiger partial charge < -0.3 is 15.6 Å². The Morgan fingerprint density at radius 3 is 2.64 bits per heavy atom. The second kappa shape index (κ2) is 4.39. The number of rotatable bonds is 3. The average molecular weight is 199 g/mol. The molecular weight excluding hydrogens is 185 g/mol. The van der Waals surface area contributed by atoms with Crippen LogP contribution in [0.4, 0.5) is 4.39 Å². The largest absolute Gasteiger partial charge is 0.496 e. The predicted molar refractivity (Wildman–Crippen MR) is 51.6 cm³/mol. The van der Waals surface area contributed by atoms with Crippen LogP contribution in [0.2, 0.25) is 0 Å². The van der Waals surface area contributed by atoms with Crippen LogP contribution in [0.1, 0.15) is 18.5 Å². The lowest BCUT2D eigenvalue weighted by Gasteiger charge is -2.17. The predicted octanol–water partition coefficient (Wildman–Crippen LogP) is 1.21. The van der Waals surface area contributed by atoms with Crippen molar-refractivity contribution >= 4 is 0 Å². The smallest absolute Gasteiger partial charge is 0.126 e.